The van der Waals surface area contributed by atoms with E-state index >= 15 is 0 Å². The minimum Gasteiger partial charge on any atom is -0.491 e. The number of nitrogens with one attached hydrogen (secondary N) is 1. The quantitative estimate of drug-likeness (QED) is 0.769. The van der Waals surface area contributed by atoms with Crippen LogP contribution >= 0.6 is 11.3 Å². The van der Waals surface area contributed by atoms with E-state index in [-0.39, 0.29) is 11.6 Å². The topological polar surface area (TPSA) is 58.6 Å². The van der Waals surface area contributed by atoms with Gasteiger partial charge < -0.3 is 15.2 Å². The average Bonchev–Trinajstić information content (AvgIpc) is 2.98. The Morgan fingerprint density at radius 1 is 1.35 bits per heavy atom. The van der Waals surface area contributed by atoms with Gasteiger partial charge in [-0.1, -0.05) is 18.2 Å². The van der Waals surface area contributed by atoms with Crippen molar-refractivity contribution in [2.45, 2.75) is 13.0 Å². The van der Waals surface area contributed by atoms with Crippen LogP contribution in [0.25, 0.3) is 0 Å². The molecule has 0 amide bonds. The molecule has 0 aliphatic rings. The molecule has 1 aromatic carbocycles. The van der Waals surface area contributed by atoms with Crippen molar-refractivity contribution in [2.75, 3.05) is 13.2 Å². The van der Waals surface area contributed by atoms with Crippen molar-refractivity contribution >= 4 is 17.3 Å². The number of hydrogen-bond acceptors (Lipinski definition) is 4. The summed E-state index contributed by atoms with van der Waals surface area (Å²) in [6, 6.07) is 11.1. The molecule has 1 atom stereocenters. The molecule has 0 saturated carbocycles. The van der Waals surface area contributed by atoms with E-state index < -0.39 is 5.97 Å². The summed E-state index contributed by atoms with van der Waals surface area (Å²) in [6.45, 7) is 3.18. The predicted octanol–water partition coefficient (Wildman–Crippen LogP) is 3.18. The fourth-order valence-electron chi connectivity index (χ4n) is 1.84. The molecule has 2 rings (SSSR count). The third-order valence-electron chi connectivity index (χ3n) is 2.90. The van der Waals surface area contributed by atoms with Gasteiger partial charge in [-0.15, -0.1) is 11.3 Å². The summed E-state index contributed by atoms with van der Waals surface area (Å²) >= 11 is 1.71. The highest BCUT2D eigenvalue weighted by atomic mass is 32.1. The second-order valence-corrected chi connectivity index (χ2v) is 5.32. The van der Waals surface area contributed by atoms with Gasteiger partial charge in [-0.25, -0.2) is 4.79 Å². The summed E-state index contributed by atoms with van der Waals surface area (Å²) < 4.78 is 5.53. The summed E-state index contributed by atoms with van der Waals surface area (Å²) in [5, 5.41) is 14.4. The monoisotopic (exact) mass is 291 g/mol. The molecule has 0 fully saturated rings. The van der Waals surface area contributed by atoms with Gasteiger partial charge in [0, 0.05) is 17.5 Å². The fraction of sp³-hybridized carbons (Fsp3) is 0.267. The number of aromatic carboxylic acids is 1. The molecule has 0 bridgehead atoms. The Labute approximate surface area is 122 Å². The Hall–Kier alpha value is -1.85. The van der Waals surface area contributed by atoms with Crippen LogP contribution in [0.4, 0.5) is 0 Å². The fourth-order valence-corrected chi connectivity index (χ4v) is 2.60. The lowest BCUT2D eigenvalue weighted by Gasteiger charge is -2.13. The van der Waals surface area contributed by atoms with Crippen molar-refractivity contribution < 1.29 is 14.6 Å². The molecule has 0 spiro atoms. The van der Waals surface area contributed by atoms with Gasteiger partial charge in [0.05, 0.1) is 0 Å². The van der Waals surface area contributed by atoms with Gasteiger partial charge in [0.15, 0.2) is 0 Å². The zero-order valence-electron chi connectivity index (χ0n) is 11.2. The zero-order valence-corrected chi connectivity index (χ0v) is 12.0. The maximum Gasteiger partial charge on any atom is 0.339 e. The minimum atomic E-state index is -0.972. The van der Waals surface area contributed by atoms with E-state index in [0.29, 0.717) is 18.9 Å². The first-order chi connectivity index (χ1) is 9.68. The lowest BCUT2D eigenvalue weighted by molar-refractivity contribution is 0.0692. The van der Waals surface area contributed by atoms with Gasteiger partial charge in [0.1, 0.15) is 17.9 Å². The molecule has 1 heterocycles. The van der Waals surface area contributed by atoms with Crippen molar-refractivity contribution in [3.63, 3.8) is 0 Å². The molecule has 4 nitrogen and oxygen atoms in total. The van der Waals surface area contributed by atoms with Crippen LogP contribution in [0.1, 0.15) is 28.2 Å². The number of carboxylic acids is 1. The Balaban J connectivity index is 1.80. The van der Waals surface area contributed by atoms with Crippen LogP contribution in [-0.2, 0) is 0 Å². The van der Waals surface area contributed by atoms with Crippen molar-refractivity contribution in [3.05, 3.63) is 52.2 Å². The summed E-state index contributed by atoms with van der Waals surface area (Å²) in [6.07, 6.45) is 0. The van der Waals surface area contributed by atoms with Crippen LogP contribution in [-0.4, -0.2) is 24.2 Å². The van der Waals surface area contributed by atoms with Crippen LogP contribution in [0.15, 0.2) is 41.8 Å². The molecule has 5 heteroatoms. The van der Waals surface area contributed by atoms with E-state index in [9.17, 15) is 4.79 Å². The zero-order chi connectivity index (χ0) is 14.4. The standard InChI is InChI=1S/C15H17NO3S/c1-11(14-7-4-10-20-14)16-8-9-19-13-6-3-2-5-12(13)15(17)18/h2-7,10-11,16H,8-9H2,1H3,(H,17,18)/t11-/m0/s1. The Bertz CT molecular complexity index is 554. The third kappa shape index (κ3) is 3.82. The first-order valence-electron chi connectivity index (χ1n) is 6.40. The second kappa shape index (κ2) is 7.07. The number of thiophene rings is 1. The van der Waals surface area contributed by atoms with Crippen LogP contribution < -0.4 is 10.1 Å². The van der Waals surface area contributed by atoms with Gasteiger partial charge in [0.25, 0.3) is 0 Å². The number of carboxylic acid groups (broad SMARTS) is 1. The lowest BCUT2D eigenvalue weighted by Crippen LogP contribution is -2.24. The van der Waals surface area contributed by atoms with Crippen molar-refractivity contribution in [1.82, 2.24) is 5.32 Å². The number of hydrogen-bond donors (Lipinski definition) is 2. The van der Waals surface area contributed by atoms with Gasteiger partial charge in [-0.05, 0) is 30.5 Å². The predicted molar refractivity (Wildman–Crippen MR) is 79.6 cm³/mol. The van der Waals surface area contributed by atoms with Crippen molar-refractivity contribution in [2.24, 2.45) is 0 Å². The molecule has 2 N–H and O–H groups in total. The summed E-state index contributed by atoms with van der Waals surface area (Å²) in [5.41, 5.74) is 0.193. The Kier molecular flexibility index (Phi) is 5.15. The van der Waals surface area contributed by atoms with E-state index in [0.717, 1.165) is 0 Å². The van der Waals surface area contributed by atoms with Crippen LogP contribution in [0, 0.1) is 0 Å². The van der Waals surface area contributed by atoms with E-state index in [1.54, 1.807) is 35.6 Å². The maximum atomic E-state index is 11.0. The van der Waals surface area contributed by atoms with E-state index in [1.807, 2.05) is 11.4 Å². The summed E-state index contributed by atoms with van der Waals surface area (Å²) in [5.74, 6) is -0.564. The molecule has 0 aliphatic heterocycles. The van der Waals surface area contributed by atoms with Gasteiger partial charge in [0.2, 0.25) is 0 Å². The molecule has 0 radical (unpaired) electrons. The first kappa shape index (κ1) is 14.6. The van der Waals surface area contributed by atoms with E-state index in [1.165, 1.54) is 4.88 Å². The molecular formula is C15H17NO3S. The van der Waals surface area contributed by atoms with Crippen LogP contribution in [0.3, 0.4) is 0 Å². The van der Waals surface area contributed by atoms with E-state index in [4.69, 9.17) is 9.84 Å². The summed E-state index contributed by atoms with van der Waals surface area (Å²) in [4.78, 5) is 12.3. The average molecular weight is 291 g/mol. The number of ether oxygens (including phenoxy) is 1. The van der Waals surface area contributed by atoms with Gasteiger partial charge >= 0.3 is 5.97 Å². The minimum absolute atomic E-state index is 0.193. The van der Waals surface area contributed by atoms with Crippen molar-refractivity contribution in [1.29, 1.82) is 0 Å². The smallest absolute Gasteiger partial charge is 0.339 e. The number of benzene rings is 1. The molecule has 0 unspecified atom stereocenters. The van der Waals surface area contributed by atoms with Crippen molar-refractivity contribution in [3.8, 4) is 5.75 Å². The number of para-hydroxylation sites is 1. The molecular weight excluding hydrogens is 274 g/mol. The van der Waals surface area contributed by atoms with Gasteiger partial charge in [-0.2, -0.15) is 0 Å². The number of rotatable bonds is 7. The van der Waals surface area contributed by atoms with E-state index in [2.05, 4.69) is 18.3 Å². The number of carbonyl (C=O) groups is 1. The lowest BCUT2D eigenvalue weighted by atomic mass is 10.2. The highest BCUT2D eigenvalue weighted by Gasteiger charge is 2.10. The van der Waals surface area contributed by atoms with Crippen LogP contribution in [0.5, 0.6) is 5.75 Å². The second-order valence-electron chi connectivity index (χ2n) is 4.34. The highest BCUT2D eigenvalue weighted by molar-refractivity contribution is 7.10. The Morgan fingerprint density at radius 3 is 2.85 bits per heavy atom. The molecule has 20 heavy (non-hydrogen) atoms. The highest BCUT2D eigenvalue weighted by Crippen LogP contribution is 2.19. The molecule has 1 aromatic heterocycles. The molecule has 2 aromatic rings. The maximum absolute atomic E-state index is 11.0. The molecule has 106 valence electrons. The molecule has 0 aliphatic carbocycles. The van der Waals surface area contributed by atoms with Crippen LogP contribution in [0.2, 0.25) is 0 Å². The Morgan fingerprint density at radius 2 is 2.15 bits per heavy atom. The first-order valence-corrected chi connectivity index (χ1v) is 7.28. The summed E-state index contributed by atoms with van der Waals surface area (Å²) in [7, 11) is 0. The normalized spacial score (nSPS) is 12.1. The largest absolute Gasteiger partial charge is 0.491 e. The molecule has 0 saturated heterocycles. The third-order valence-corrected chi connectivity index (χ3v) is 3.95. The van der Waals surface area contributed by atoms with Gasteiger partial charge in [-0.3, -0.25) is 0 Å². The SMILES string of the molecule is C[C@H](NCCOc1ccccc1C(=O)O)c1cccs1.